The van der Waals surface area contributed by atoms with Gasteiger partial charge in [-0.1, -0.05) is 30.5 Å². The van der Waals surface area contributed by atoms with Crippen LogP contribution in [0.25, 0.3) is 10.9 Å². The first-order valence-corrected chi connectivity index (χ1v) is 7.56. The zero-order valence-corrected chi connectivity index (χ0v) is 12.1. The molecule has 1 aromatic carbocycles. The molecule has 1 fully saturated rings. The minimum atomic E-state index is 0.484. The summed E-state index contributed by atoms with van der Waals surface area (Å²) in [4.78, 5) is 3.47. The first kappa shape index (κ1) is 13.0. The van der Waals surface area contributed by atoms with Crippen molar-refractivity contribution in [1.29, 1.82) is 0 Å². The van der Waals surface area contributed by atoms with E-state index in [1.807, 2.05) is 12.1 Å². The zero-order chi connectivity index (χ0) is 13.4. The summed E-state index contributed by atoms with van der Waals surface area (Å²) in [7, 11) is 0. The van der Waals surface area contributed by atoms with Crippen LogP contribution in [0.15, 0.2) is 18.2 Å². The molecule has 2 nitrogen and oxygen atoms in total. The summed E-state index contributed by atoms with van der Waals surface area (Å²) in [6.45, 7) is 2.89. The molecule has 1 atom stereocenters. The molecule has 0 bridgehead atoms. The van der Waals surface area contributed by atoms with Crippen molar-refractivity contribution >= 4 is 22.5 Å². The summed E-state index contributed by atoms with van der Waals surface area (Å²) in [5, 5.41) is 2.08. The summed E-state index contributed by atoms with van der Waals surface area (Å²) in [5.74, 6) is 1.23. The van der Waals surface area contributed by atoms with Crippen LogP contribution < -0.4 is 5.73 Å². The first-order valence-electron chi connectivity index (χ1n) is 7.18. The largest absolute Gasteiger partial charge is 0.358 e. The van der Waals surface area contributed by atoms with Crippen molar-refractivity contribution in [1.82, 2.24) is 4.98 Å². The van der Waals surface area contributed by atoms with Crippen molar-refractivity contribution in [2.45, 2.75) is 38.5 Å². The van der Waals surface area contributed by atoms with Crippen molar-refractivity contribution in [2.75, 3.05) is 6.54 Å². The van der Waals surface area contributed by atoms with Crippen molar-refractivity contribution in [3.63, 3.8) is 0 Å². The summed E-state index contributed by atoms with van der Waals surface area (Å²) in [6, 6.07) is 6.12. The van der Waals surface area contributed by atoms with Gasteiger partial charge in [0, 0.05) is 27.5 Å². The van der Waals surface area contributed by atoms with Crippen LogP contribution in [0.2, 0.25) is 5.02 Å². The van der Waals surface area contributed by atoms with Crippen molar-refractivity contribution < 1.29 is 0 Å². The zero-order valence-electron chi connectivity index (χ0n) is 11.4. The first-order chi connectivity index (χ1) is 9.20. The Morgan fingerprint density at radius 2 is 2.11 bits per heavy atom. The quantitative estimate of drug-likeness (QED) is 0.859. The molecule has 3 rings (SSSR count). The molecule has 102 valence electrons. The van der Waals surface area contributed by atoms with Gasteiger partial charge in [0.05, 0.1) is 0 Å². The lowest BCUT2D eigenvalue weighted by Gasteiger charge is -2.22. The van der Waals surface area contributed by atoms with E-state index in [0.717, 1.165) is 23.0 Å². The van der Waals surface area contributed by atoms with Crippen LogP contribution in [0, 0.1) is 12.8 Å². The molecule has 3 N–H and O–H groups in total. The summed E-state index contributed by atoms with van der Waals surface area (Å²) >= 11 is 6.08. The normalized spacial score (nSPS) is 18.3. The van der Waals surface area contributed by atoms with Crippen LogP contribution in [0.3, 0.4) is 0 Å². The van der Waals surface area contributed by atoms with E-state index in [1.54, 1.807) is 0 Å². The van der Waals surface area contributed by atoms with E-state index >= 15 is 0 Å². The second-order valence-electron chi connectivity index (χ2n) is 5.74. The highest BCUT2D eigenvalue weighted by Crippen LogP contribution is 2.40. The lowest BCUT2D eigenvalue weighted by atomic mass is 9.83. The maximum atomic E-state index is 6.09. The predicted octanol–water partition coefficient (Wildman–Crippen LogP) is 4.36. The van der Waals surface area contributed by atoms with E-state index < -0.39 is 0 Å². The Morgan fingerprint density at radius 1 is 1.37 bits per heavy atom. The molecule has 1 unspecified atom stereocenters. The standard InChI is InChI=1S/C16H21ClN2/c1-10-16(14(9-18)11-4-2-3-5-11)13-7-6-12(17)8-15(13)19-10/h6-8,11,14,19H,2-5,9,18H2,1H3. The average Bonchev–Trinajstić information content (AvgIpc) is 2.99. The van der Waals surface area contributed by atoms with Crippen LogP contribution in [-0.4, -0.2) is 11.5 Å². The minimum Gasteiger partial charge on any atom is -0.358 e. The second-order valence-corrected chi connectivity index (χ2v) is 6.18. The van der Waals surface area contributed by atoms with Gasteiger partial charge in [-0.25, -0.2) is 0 Å². The molecule has 3 heteroatoms. The summed E-state index contributed by atoms with van der Waals surface area (Å²) < 4.78 is 0. The Kier molecular flexibility index (Phi) is 3.55. The number of nitrogens with two attached hydrogens (primary N) is 1. The number of nitrogens with one attached hydrogen (secondary N) is 1. The van der Waals surface area contributed by atoms with Crippen LogP contribution >= 0.6 is 11.6 Å². The number of benzene rings is 1. The van der Waals surface area contributed by atoms with Crippen LogP contribution in [-0.2, 0) is 0 Å². The van der Waals surface area contributed by atoms with Gasteiger partial charge in [0.15, 0.2) is 0 Å². The third-order valence-electron chi connectivity index (χ3n) is 4.59. The van der Waals surface area contributed by atoms with Gasteiger partial charge in [0.2, 0.25) is 0 Å². The van der Waals surface area contributed by atoms with Crippen molar-refractivity contribution in [3.8, 4) is 0 Å². The highest BCUT2D eigenvalue weighted by Gasteiger charge is 2.28. The fourth-order valence-corrected chi connectivity index (χ4v) is 3.88. The van der Waals surface area contributed by atoms with Crippen molar-refractivity contribution in [2.24, 2.45) is 11.7 Å². The van der Waals surface area contributed by atoms with Gasteiger partial charge in [-0.2, -0.15) is 0 Å². The Morgan fingerprint density at radius 3 is 2.79 bits per heavy atom. The van der Waals surface area contributed by atoms with E-state index in [9.17, 15) is 0 Å². The average molecular weight is 277 g/mol. The van der Waals surface area contributed by atoms with E-state index in [4.69, 9.17) is 17.3 Å². The Hall–Kier alpha value is -0.990. The minimum absolute atomic E-state index is 0.484. The Labute approximate surface area is 119 Å². The van der Waals surface area contributed by atoms with E-state index in [1.165, 1.54) is 42.3 Å². The molecule has 1 aliphatic carbocycles. The summed E-state index contributed by atoms with van der Waals surface area (Å²) in [6.07, 6.45) is 5.35. The molecule has 1 saturated carbocycles. The molecule has 0 amide bonds. The topological polar surface area (TPSA) is 41.8 Å². The van der Waals surface area contributed by atoms with Gasteiger partial charge in [-0.15, -0.1) is 0 Å². The molecule has 1 aromatic heterocycles. The van der Waals surface area contributed by atoms with Gasteiger partial charge in [0.1, 0.15) is 0 Å². The highest BCUT2D eigenvalue weighted by molar-refractivity contribution is 6.31. The predicted molar refractivity (Wildman–Crippen MR) is 81.8 cm³/mol. The number of aromatic amines is 1. The molecule has 0 aliphatic heterocycles. The lowest BCUT2D eigenvalue weighted by Crippen LogP contribution is -2.20. The Bertz CT molecular complexity index is 582. The van der Waals surface area contributed by atoms with Gasteiger partial charge >= 0.3 is 0 Å². The third-order valence-corrected chi connectivity index (χ3v) is 4.83. The maximum absolute atomic E-state index is 6.09. The van der Waals surface area contributed by atoms with Gasteiger partial charge in [0.25, 0.3) is 0 Å². The number of hydrogen-bond acceptors (Lipinski definition) is 1. The third kappa shape index (κ3) is 2.28. The SMILES string of the molecule is Cc1[nH]c2cc(Cl)ccc2c1C(CN)C1CCCC1. The molecule has 0 radical (unpaired) electrons. The maximum Gasteiger partial charge on any atom is 0.0473 e. The van der Waals surface area contributed by atoms with Crippen LogP contribution in [0.1, 0.15) is 42.9 Å². The van der Waals surface area contributed by atoms with Gasteiger partial charge < -0.3 is 10.7 Å². The molecular weight excluding hydrogens is 256 g/mol. The fourth-order valence-electron chi connectivity index (χ4n) is 3.71. The Balaban J connectivity index is 2.09. The van der Waals surface area contributed by atoms with Gasteiger partial charge in [-0.3, -0.25) is 0 Å². The molecule has 0 saturated heterocycles. The van der Waals surface area contributed by atoms with Gasteiger partial charge in [-0.05, 0) is 49.9 Å². The number of fused-ring (bicyclic) bond motifs is 1. The molecule has 0 spiro atoms. The monoisotopic (exact) mass is 276 g/mol. The number of H-pyrrole nitrogens is 1. The van der Waals surface area contributed by atoms with Crippen molar-refractivity contribution in [3.05, 3.63) is 34.5 Å². The second kappa shape index (κ2) is 5.18. The number of rotatable bonds is 3. The highest BCUT2D eigenvalue weighted by atomic mass is 35.5. The molecular formula is C16H21ClN2. The smallest absolute Gasteiger partial charge is 0.0473 e. The number of halogens is 1. The number of hydrogen-bond donors (Lipinski definition) is 2. The molecule has 19 heavy (non-hydrogen) atoms. The number of aromatic nitrogens is 1. The molecule has 1 heterocycles. The lowest BCUT2D eigenvalue weighted by molar-refractivity contribution is 0.441. The van der Waals surface area contributed by atoms with E-state index in [-0.39, 0.29) is 0 Å². The molecule has 1 aliphatic rings. The number of aryl methyl sites for hydroxylation is 1. The van der Waals surface area contributed by atoms with E-state index in [0.29, 0.717) is 5.92 Å². The van der Waals surface area contributed by atoms with E-state index in [2.05, 4.69) is 18.0 Å². The molecule has 2 aromatic rings. The fraction of sp³-hybridized carbons (Fsp3) is 0.500. The van der Waals surface area contributed by atoms with Crippen LogP contribution in [0.4, 0.5) is 0 Å². The summed E-state index contributed by atoms with van der Waals surface area (Å²) in [5.41, 5.74) is 9.90. The van der Waals surface area contributed by atoms with Crippen LogP contribution in [0.5, 0.6) is 0 Å².